The standard InChI is InChI=1S/C18H26N2O4/c1-7-14(21)20(13-8-9-13)12(4)17(22)15-10(2)16(18(23)24-6)19(5)11(15)3/h12-13H,7-9H2,1-6H3. The first-order chi connectivity index (χ1) is 11.3. The first-order valence-corrected chi connectivity index (χ1v) is 8.35. The molecule has 0 saturated heterocycles. The van der Waals surface area contributed by atoms with E-state index in [1.807, 2.05) is 13.8 Å². The second-order valence-electron chi connectivity index (χ2n) is 6.41. The van der Waals surface area contributed by atoms with Gasteiger partial charge in [-0.15, -0.1) is 0 Å². The largest absolute Gasteiger partial charge is 0.464 e. The number of methoxy groups -OCH3 is 1. The number of aromatic nitrogens is 1. The van der Waals surface area contributed by atoms with Crippen molar-refractivity contribution in [1.29, 1.82) is 0 Å². The van der Waals surface area contributed by atoms with Crippen molar-refractivity contribution < 1.29 is 19.1 Å². The van der Waals surface area contributed by atoms with Crippen LogP contribution in [0.5, 0.6) is 0 Å². The minimum absolute atomic E-state index is 0.00206. The molecule has 1 atom stereocenters. The van der Waals surface area contributed by atoms with Crippen LogP contribution in [-0.2, 0) is 16.6 Å². The van der Waals surface area contributed by atoms with Gasteiger partial charge in [0, 0.05) is 30.8 Å². The van der Waals surface area contributed by atoms with E-state index in [1.165, 1.54) is 7.11 Å². The lowest BCUT2D eigenvalue weighted by Crippen LogP contribution is -2.44. The van der Waals surface area contributed by atoms with E-state index in [9.17, 15) is 14.4 Å². The molecule has 2 rings (SSSR count). The summed E-state index contributed by atoms with van der Waals surface area (Å²) in [5.74, 6) is -0.587. The quantitative estimate of drug-likeness (QED) is 0.592. The Morgan fingerprint density at radius 3 is 2.33 bits per heavy atom. The molecule has 1 aliphatic carbocycles. The highest BCUT2D eigenvalue weighted by Gasteiger charge is 2.39. The van der Waals surface area contributed by atoms with Gasteiger partial charge in [-0.3, -0.25) is 9.59 Å². The Labute approximate surface area is 142 Å². The van der Waals surface area contributed by atoms with Crippen LogP contribution in [0.4, 0.5) is 0 Å². The Morgan fingerprint density at radius 1 is 1.29 bits per heavy atom. The smallest absolute Gasteiger partial charge is 0.354 e. The van der Waals surface area contributed by atoms with Gasteiger partial charge in [-0.1, -0.05) is 6.92 Å². The van der Waals surface area contributed by atoms with E-state index >= 15 is 0 Å². The van der Waals surface area contributed by atoms with Gasteiger partial charge < -0.3 is 14.2 Å². The molecular weight excluding hydrogens is 308 g/mol. The maximum Gasteiger partial charge on any atom is 0.354 e. The van der Waals surface area contributed by atoms with E-state index in [2.05, 4.69) is 0 Å². The summed E-state index contributed by atoms with van der Waals surface area (Å²) in [5, 5.41) is 0. The SMILES string of the molecule is CCC(=O)N(C1CC1)C(C)C(=O)c1c(C)c(C(=O)OC)n(C)c1C. The monoisotopic (exact) mass is 334 g/mol. The molecule has 0 N–H and O–H groups in total. The number of ether oxygens (including phenoxy) is 1. The number of nitrogens with zero attached hydrogens (tertiary/aromatic N) is 2. The molecular formula is C18H26N2O4. The first-order valence-electron chi connectivity index (χ1n) is 8.35. The van der Waals surface area contributed by atoms with Gasteiger partial charge in [-0.25, -0.2) is 4.79 Å². The van der Waals surface area contributed by atoms with Crippen LogP contribution in [0.3, 0.4) is 0 Å². The van der Waals surface area contributed by atoms with E-state index in [0.717, 1.165) is 12.8 Å². The fourth-order valence-corrected chi connectivity index (χ4v) is 3.33. The van der Waals surface area contributed by atoms with Gasteiger partial charge in [0.15, 0.2) is 5.78 Å². The Hall–Kier alpha value is -2.11. The third-order valence-corrected chi connectivity index (χ3v) is 4.88. The van der Waals surface area contributed by atoms with Gasteiger partial charge in [0.25, 0.3) is 0 Å². The summed E-state index contributed by atoms with van der Waals surface area (Å²) in [4.78, 5) is 39.1. The summed E-state index contributed by atoms with van der Waals surface area (Å²) in [7, 11) is 3.06. The third kappa shape index (κ3) is 2.97. The third-order valence-electron chi connectivity index (χ3n) is 4.88. The Balaban J connectivity index is 2.42. The van der Waals surface area contributed by atoms with Gasteiger partial charge in [0.1, 0.15) is 5.69 Å². The van der Waals surface area contributed by atoms with Gasteiger partial charge in [-0.05, 0) is 39.2 Å². The van der Waals surface area contributed by atoms with Crippen molar-refractivity contribution in [3.8, 4) is 0 Å². The number of esters is 1. The highest BCUT2D eigenvalue weighted by Crippen LogP contribution is 2.32. The second-order valence-corrected chi connectivity index (χ2v) is 6.41. The molecule has 1 fully saturated rings. The van der Waals surface area contributed by atoms with Crippen LogP contribution < -0.4 is 0 Å². The number of hydrogen-bond donors (Lipinski definition) is 0. The highest BCUT2D eigenvalue weighted by molar-refractivity contribution is 6.06. The van der Waals surface area contributed by atoms with Crippen molar-refractivity contribution in [2.45, 2.75) is 59.0 Å². The summed E-state index contributed by atoms with van der Waals surface area (Å²) in [6, 6.07) is -0.365. The molecule has 1 amide bonds. The van der Waals surface area contributed by atoms with E-state index in [4.69, 9.17) is 4.74 Å². The molecule has 1 heterocycles. The topological polar surface area (TPSA) is 68.6 Å². The fourth-order valence-electron chi connectivity index (χ4n) is 3.33. The van der Waals surface area contributed by atoms with Crippen molar-refractivity contribution in [3.63, 3.8) is 0 Å². The maximum atomic E-state index is 13.1. The molecule has 1 aromatic heterocycles. The highest BCUT2D eigenvalue weighted by atomic mass is 16.5. The van der Waals surface area contributed by atoms with Crippen LogP contribution >= 0.6 is 0 Å². The Bertz CT molecular complexity index is 686. The Morgan fingerprint density at radius 2 is 1.88 bits per heavy atom. The van der Waals surface area contributed by atoms with E-state index in [0.29, 0.717) is 28.9 Å². The minimum atomic E-state index is -0.532. The molecule has 1 aliphatic rings. The van der Waals surface area contributed by atoms with Gasteiger partial charge in [0.2, 0.25) is 5.91 Å². The number of carbonyl (C=O) groups excluding carboxylic acids is 3. The zero-order valence-electron chi connectivity index (χ0n) is 15.3. The van der Waals surface area contributed by atoms with Crippen molar-refractivity contribution in [2.24, 2.45) is 7.05 Å². The molecule has 1 saturated carbocycles. The van der Waals surface area contributed by atoms with Crippen molar-refractivity contribution in [2.75, 3.05) is 7.11 Å². The molecule has 0 aliphatic heterocycles. The lowest BCUT2D eigenvalue weighted by Gasteiger charge is -2.28. The zero-order valence-corrected chi connectivity index (χ0v) is 15.3. The summed E-state index contributed by atoms with van der Waals surface area (Å²) in [6.45, 7) is 7.14. The van der Waals surface area contributed by atoms with Crippen LogP contribution in [0.2, 0.25) is 0 Å². The summed E-state index contributed by atoms with van der Waals surface area (Å²) < 4.78 is 6.51. The molecule has 6 heteroatoms. The van der Waals surface area contributed by atoms with Crippen LogP contribution in [0.1, 0.15) is 65.2 Å². The predicted molar refractivity (Wildman–Crippen MR) is 90.2 cm³/mol. The maximum absolute atomic E-state index is 13.1. The Kier molecular flexibility index (Phi) is 5.16. The summed E-state index contributed by atoms with van der Waals surface area (Å²) in [5.41, 5.74) is 2.22. The predicted octanol–water partition coefficient (Wildman–Crippen LogP) is 2.40. The van der Waals surface area contributed by atoms with Gasteiger partial charge in [-0.2, -0.15) is 0 Å². The molecule has 1 aromatic rings. The molecule has 132 valence electrons. The normalized spacial score (nSPS) is 15.1. The molecule has 0 bridgehead atoms. The van der Waals surface area contributed by atoms with E-state index in [-0.39, 0.29) is 17.7 Å². The number of Topliss-reactive ketones (excluding diaryl/α,β-unsaturated/α-hetero) is 1. The average Bonchev–Trinajstić information content (AvgIpc) is 3.35. The minimum Gasteiger partial charge on any atom is -0.464 e. The molecule has 6 nitrogen and oxygen atoms in total. The number of hydrogen-bond acceptors (Lipinski definition) is 4. The lowest BCUT2D eigenvalue weighted by molar-refractivity contribution is -0.132. The molecule has 0 radical (unpaired) electrons. The summed E-state index contributed by atoms with van der Waals surface area (Å²) in [6.07, 6.45) is 2.28. The van der Waals surface area contributed by atoms with Crippen molar-refractivity contribution >= 4 is 17.7 Å². The van der Waals surface area contributed by atoms with E-state index < -0.39 is 12.0 Å². The molecule has 24 heavy (non-hydrogen) atoms. The van der Waals surface area contributed by atoms with Crippen molar-refractivity contribution in [3.05, 3.63) is 22.5 Å². The van der Waals surface area contributed by atoms with Crippen LogP contribution in [-0.4, -0.2) is 46.3 Å². The fraction of sp³-hybridized carbons (Fsp3) is 0.611. The van der Waals surface area contributed by atoms with Gasteiger partial charge in [0.05, 0.1) is 13.2 Å². The number of ketones is 1. The molecule has 0 spiro atoms. The van der Waals surface area contributed by atoms with Gasteiger partial charge >= 0.3 is 5.97 Å². The van der Waals surface area contributed by atoms with Crippen LogP contribution in [0.25, 0.3) is 0 Å². The first kappa shape index (κ1) is 18.2. The number of amides is 1. The number of rotatable bonds is 6. The van der Waals surface area contributed by atoms with E-state index in [1.54, 1.807) is 30.4 Å². The second kappa shape index (κ2) is 6.79. The lowest BCUT2D eigenvalue weighted by atomic mass is 9.99. The van der Waals surface area contributed by atoms with Crippen LogP contribution in [0.15, 0.2) is 0 Å². The molecule has 1 unspecified atom stereocenters. The zero-order chi connectivity index (χ0) is 18.2. The van der Waals surface area contributed by atoms with Crippen molar-refractivity contribution in [1.82, 2.24) is 9.47 Å². The average molecular weight is 334 g/mol. The number of carbonyl (C=O) groups is 3. The molecule has 0 aromatic carbocycles. The summed E-state index contributed by atoms with van der Waals surface area (Å²) >= 11 is 0. The van der Waals surface area contributed by atoms with Crippen LogP contribution in [0, 0.1) is 13.8 Å².